The first-order valence-electron chi connectivity index (χ1n) is 4.95. The largest absolute Gasteiger partial charge is 0.469 e. The van der Waals surface area contributed by atoms with Gasteiger partial charge in [-0.2, -0.15) is 0 Å². The molecule has 0 N–H and O–H groups in total. The lowest BCUT2D eigenvalue weighted by molar-refractivity contribution is -0.143. The number of esters is 1. The summed E-state index contributed by atoms with van der Waals surface area (Å²) in [5, 5.41) is -0.0173. The van der Waals surface area contributed by atoms with Crippen LogP contribution in [0.3, 0.4) is 0 Å². The molecule has 4 heteroatoms. The molecule has 16 heavy (non-hydrogen) atoms. The van der Waals surface area contributed by atoms with Crippen LogP contribution in [0.4, 0.5) is 0 Å². The van der Waals surface area contributed by atoms with E-state index in [1.54, 1.807) is 19.1 Å². The Balaban J connectivity index is 2.45. The summed E-state index contributed by atoms with van der Waals surface area (Å²) in [7, 11) is 1.35. The summed E-state index contributed by atoms with van der Waals surface area (Å²) in [6.45, 7) is 1.75. The second-order valence-electron chi connectivity index (χ2n) is 3.39. The lowest BCUT2D eigenvalue weighted by Crippen LogP contribution is -2.15. The van der Waals surface area contributed by atoms with Crippen LogP contribution in [0.15, 0.2) is 30.3 Å². The smallest absolute Gasteiger partial charge is 0.309 e. The van der Waals surface area contributed by atoms with E-state index in [-0.39, 0.29) is 17.0 Å². The first-order valence-corrected chi connectivity index (χ1v) is 5.93. The van der Waals surface area contributed by atoms with Crippen molar-refractivity contribution in [3.63, 3.8) is 0 Å². The average Bonchev–Trinajstić information content (AvgIpc) is 2.35. The molecule has 0 aromatic heterocycles. The third-order valence-electron chi connectivity index (χ3n) is 2.08. The SMILES string of the molecule is COC(=O)[C@@H](C)CSC(=O)c1ccccc1. The van der Waals surface area contributed by atoms with Crippen molar-refractivity contribution in [2.45, 2.75) is 6.92 Å². The summed E-state index contributed by atoms with van der Waals surface area (Å²) in [5.41, 5.74) is 0.657. The standard InChI is InChI=1S/C12H14O3S/c1-9(11(13)15-2)8-16-12(14)10-6-4-3-5-7-10/h3-7,9H,8H2,1-2H3/t9-/m0/s1. The molecule has 0 bridgehead atoms. The monoisotopic (exact) mass is 238 g/mol. The van der Waals surface area contributed by atoms with E-state index in [0.29, 0.717) is 11.3 Å². The number of hydrogen-bond donors (Lipinski definition) is 0. The highest BCUT2D eigenvalue weighted by Crippen LogP contribution is 2.16. The van der Waals surface area contributed by atoms with Gasteiger partial charge >= 0.3 is 5.97 Å². The zero-order chi connectivity index (χ0) is 12.0. The number of methoxy groups -OCH3 is 1. The van der Waals surface area contributed by atoms with Crippen LogP contribution in [0.25, 0.3) is 0 Å². The molecule has 86 valence electrons. The van der Waals surface area contributed by atoms with Crippen molar-refractivity contribution >= 4 is 22.8 Å². The van der Waals surface area contributed by atoms with Gasteiger partial charge in [-0.25, -0.2) is 0 Å². The Morgan fingerprint density at radius 2 is 1.94 bits per heavy atom. The van der Waals surface area contributed by atoms with Gasteiger partial charge in [0, 0.05) is 11.3 Å². The molecule has 0 aliphatic rings. The quantitative estimate of drug-likeness (QED) is 0.755. The van der Waals surface area contributed by atoms with Crippen molar-refractivity contribution in [1.29, 1.82) is 0 Å². The molecule has 1 aromatic rings. The van der Waals surface area contributed by atoms with Gasteiger partial charge in [-0.05, 0) is 0 Å². The van der Waals surface area contributed by atoms with E-state index in [9.17, 15) is 9.59 Å². The van der Waals surface area contributed by atoms with Crippen LogP contribution < -0.4 is 0 Å². The minimum atomic E-state index is -0.284. The summed E-state index contributed by atoms with van der Waals surface area (Å²) in [6.07, 6.45) is 0. The number of benzene rings is 1. The summed E-state index contributed by atoms with van der Waals surface area (Å²) in [5.74, 6) is -0.101. The van der Waals surface area contributed by atoms with Gasteiger partial charge in [0.2, 0.25) is 5.12 Å². The van der Waals surface area contributed by atoms with Gasteiger partial charge in [0.25, 0.3) is 0 Å². The zero-order valence-electron chi connectivity index (χ0n) is 9.30. The molecule has 0 heterocycles. The number of thioether (sulfide) groups is 1. The minimum Gasteiger partial charge on any atom is -0.469 e. The molecule has 0 fully saturated rings. The van der Waals surface area contributed by atoms with Crippen molar-refractivity contribution in [3.8, 4) is 0 Å². The van der Waals surface area contributed by atoms with Crippen LogP contribution in [0.5, 0.6) is 0 Å². The Morgan fingerprint density at radius 1 is 1.31 bits per heavy atom. The van der Waals surface area contributed by atoms with Crippen LogP contribution in [0, 0.1) is 5.92 Å². The fourth-order valence-corrected chi connectivity index (χ4v) is 1.97. The normalized spacial score (nSPS) is 11.9. The van der Waals surface area contributed by atoms with Crippen LogP contribution in [-0.2, 0) is 9.53 Å². The highest BCUT2D eigenvalue weighted by molar-refractivity contribution is 8.14. The summed E-state index contributed by atoms with van der Waals surface area (Å²) < 4.78 is 4.59. The molecule has 1 aromatic carbocycles. The Hall–Kier alpha value is -1.29. The summed E-state index contributed by atoms with van der Waals surface area (Å²) in [6, 6.07) is 9.02. The van der Waals surface area contributed by atoms with Crippen LogP contribution >= 0.6 is 11.8 Å². The van der Waals surface area contributed by atoms with Crippen LogP contribution in [0.2, 0.25) is 0 Å². The van der Waals surface area contributed by atoms with Crippen molar-refractivity contribution < 1.29 is 14.3 Å². The van der Waals surface area contributed by atoms with Gasteiger partial charge in [-0.15, -0.1) is 0 Å². The van der Waals surface area contributed by atoms with Gasteiger partial charge < -0.3 is 4.74 Å². The van der Waals surface area contributed by atoms with Crippen molar-refractivity contribution in [2.24, 2.45) is 5.92 Å². The molecular weight excluding hydrogens is 224 g/mol. The molecule has 1 atom stereocenters. The highest BCUT2D eigenvalue weighted by Gasteiger charge is 2.15. The Bertz CT molecular complexity index is 362. The lowest BCUT2D eigenvalue weighted by atomic mass is 10.2. The second-order valence-corrected chi connectivity index (χ2v) is 4.38. The topological polar surface area (TPSA) is 43.4 Å². The third kappa shape index (κ3) is 3.70. The number of rotatable bonds is 4. The van der Waals surface area contributed by atoms with E-state index in [0.717, 1.165) is 11.8 Å². The molecule has 1 rings (SSSR count). The lowest BCUT2D eigenvalue weighted by Gasteiger charge is -2.07. The number of ether oxygens (including phenoxy) is 1. The number of carbonyl (C=O) groups excluding carboxylic acids is 2. The molecule has 0 saturated heterocycles. The molecule has 0 spiro atoms. The molecule has 0 saturated carbocycles. The number of hydrogen-bond acceptors (Lipinski definition) is 4. The molecule has 0 unspecified atom stereocenters. The average molecular weight is 238 g/mol. The van der Waals surface area contributed by atoms with Crippen molar-refractivity contribution in [2.75, 3.05) is 12.9 Å². The van der Waals surface area contributed by atoms with Crippen molar-refractivity contribution in [3.05, 3.63) is 35.9 Å². The van der Waals surface area contributed by atoms with Crippen LogP contribution in [-0.4, -0.2) is 23.9 Å². The zero-order valence-corrected chi connectivity index (χ0v) is 10.1. The third-order valence-corrected chi connectivity index (χ3v) is 3.24. The van der Waals surface area contributed by atoms with E-state index in [2.05, 4.69) is 4.74 Å². The van der Waals surface area contributed by atoms with Gasteiger partial charge in [-0.1, -0.05) is 49.0 Å². The van der Waals surface area contributed by atoms with Crippen molar-refractivity contribution in [1.82, 2.24) is 0 Å². The Morgan fingerprint density at radius 3 is 2.50 bits per heavy atom. The minimum absolute atomic E-state index is 0.0173. The predicted octanol–water partition coefficient (Wildman–Crippen LogP) is 2.37. The molecule has 0 aliphatic heterocycles. The fourth-order valence-electron chi connectivity index (χ4n) is 1.13. The molecule has 3 nitrogen and oxygen atoms in total. The molecule has 0 amide bonds. The highest BCUT2D eigenvalue weighted by atomic mass is 32.2. The van der Waals surface area contributed by atoms with Gasteiger partial charge in [0.1, 0.15) is 0 Å². The molecule has 0 aliphatic carbocycles. The number of carbonyl (C=O) groups is 2. The predicted molar refractivity (Wildman–Crippen MR) is 64.4 cm³/mol. The van der Waals surface area contributed by atoms with Gasteiger partial charge in [0.05, 0.1) is 13.0 Å². The maximum absolute atomic E-state index is 11.7. The van der Waals surface area contributed by atoms with Gasteiger partial charge in [-0.3, -0.25) is 9.59 Å². The summed E-state index contributed by atoms with van der Waals surface area (Å²) in [4.78, 5) is 22.8. The molecule has 0 radical (unpaired) electrons. The van der Waals surface area contributed by atoms with Gasteiger partial charge in [0.15, 0.2) is 0 Å². The maximum atomic E-state index is 11.7. The van der Waals surface area contributed by atoms with E-state index in [1.807, 2.05) is 18.2 Å². The Kier molecular flexibility index (Phi) is 5.05. The van der Waals surface area contributed by atoms with E-state index < -0.39 is 0 Å². The van der Waals surface area contributed by atoms with Crippen LogP contribution in [0.1, 0.15) is 17.3 Å². The summed E-state index contributed by atoms with van der Waals surface area (Å²) >= 11 is 1.14. The first-order chi connectivity index (χ1) is 7.65. The molecular formula is C12H14O3S. The Labute approximate surface area is 99.2 Å². The fraction of sp³-hybridized carbons (Fsp3) is 0.333. The first kappa shape index (κ1) is 12.8. The van der Waals surface area contributed by atoms with E-state index in [4.69, 9.17) is 0 Å². The maximum Gasteiger partial charge on any atom is 0.309 e. The van der Waals surface area contributed by atoms with E-state index >= 15 is 0 Å². The van der Waals surface area contributed by atoms with E-state index in [1.165, 1.54) is 7.11 Å². The second kappa shape index (κ2) is 6.33.